The van der Waals surface area contributed by atoms with Gasteiger partial charge in [0.25, 0.3) is 0 Å². The first-order valence-corrected chi connectivity index (χ1v) is 1.04. The van der Waals surface area contributed by atoms with Crippen molar-refractivity contribution in [3.63, 3.8) is 0 Å². The van der Waals surface area contributed by atoms with Crippen molar-refractivity contribution in [1.82, 2.24) is 0 Å². The number of hydrogen-bond acceptors (Lipinski definition) is 2. The molecule has 7 radical (unpaired) electrons. The molecule has 5 heteroatoms. The molecule has 0 heterocycles. The summed E-state index contributed by atoms with van der Waals surface area (Å²) in [5.41, 5.74) is 0. The Morgan fingerprint density at radius 1 is 1.80 bits per heavy atom. The predicted octanol–water partition coefficient (Wildman–Crippen LogP) is -1.03. The minimum Gasteiger partial charge on any atom is -0.290 e. The normalized spacial score (nSPS) is 5.00. The zero-order valence-electron chi connectivity index (χ0n) is 2.26. The van der Waals surface area contributed by atoms with Crippen molar-refractivity contribution in [2.75, 3.05) is 0 Å². The van der Waals surface area contributed by atoms with E-state index in [0.29, 0.717) is 0 Å². The number of nitrogens with zero attached hydrogens (tertiary/aromatic N) is 1. The molecular weight excluding hydrogens is 102 g/mol. The van der Waals surface area contributed by atoms with Gasteiger partial charge in [-0.25, -0.2) is 0 Å². The lowest BCUT2D eigenvalue weighted by Gasteiger charge is -1.62. The summed E-state index contributed by atoms with van der Waals surface area (Å²) in [6, 6.07) is 0. The molecule has 5 heavy (non-hydrogen) atoms. The Bertz CT molecular complexity index is 30.6. The number of hydrogen-bond donors (Lipinski definition) is 0. The van der Waals surface area contributed by atoms with Gasteiger partial charge in [-0.05, 0) is 4.59 Å². The Kier molecular flexibility index (Phi) is 6.78. The molecule has 0 fully saturated rings. The summed E-state index contributed by atoms with van der Waals surface area (Å²) < 4.78 is -0.694. The molecule has 3 nitrogen and oxygen atoms in total. The molecule has 0 aromatic heterocycles. The maximum Gasteiger partial charge on any atom is 0.627 e. The lowest BCUT2D eigenvalue weighted by Crippen LogP contribution is -1.83. The molecule has 0 aliphatic carbocycles. The Morgan fingerprint density at radius 3 is 1.80 bits per heavy atom. The molecule has 0 N–H and O–H groups in total. The van der Waals surface area contributed by atoms with E-state index in [-0.39, 0.29) is 11.0 Å². The van der Waals surface area contributed by atoms with E-state index in [1.54, 1.807) is 0 Å². The first kappa shape index (κ1) is 8.85. The largest absolute Gasteiger partial charge is 0.627 e. The zero-order chi connectivity index (χ0) is 3.58. The molecule has 0 unspecified atom stereocenters. The Labute approximate surface area is 37.1 Å². The van der Waals surface area contributed by atoms with Crippen LogP contribution in [0, 0.1) is 10.1 Å². The molecule has 0 saturated heterocycles. The molecule has 0 spiro atoms. The molecule has 0 rings (SSSR count). The maximum atomic E-state index is 8.72. The van der Waals surface area contributed by atoms with Crippen LogP contribution >= 0.6 is 0 Å². The zero-order valence-corrected chi connectivity index (χ0v) is 4.26. The highest BCUT2D eigenvalue weighted by atomic mass is 28.2. The summed E-state index contributed by atoms with van der Waals surface area (Å²) in [6.07, 6.45) is 0. The summed E-state index contributed by atoms with van der Waals surface area (Å²) in [5.74, 6) is 0. The molecule has 0 aliphatic heterocycles. The van der Waals surface area contributed by atoms with Crippen LogP contribution in [-0.4, -0.2) is 26.0 Å². The highest BCUT2D eigenvalue weighted by molar-refractivity contribution is 5.95. The molecule has 0 aliphatic rings. The van der Waals surface area contributed by atoms with Gasteiger partial charge in [0.15, 0.2) is 0 Å². The lowest BCUT2D eigenvalue weighted by atomic mass is 13.4. The minimum absolute atomic E-state index is 0. The van der Waals surface area contributed by atoms with Crippen LogP contribution in [-0.2, 0) is 0 Å². The Balaban J connectivity index is 0. The summed E-state index contributed by atoms with van der Waals surface area (Å²) >= 11 is 0. The summed E-state index contributed by atoms with van der Waals surface area (Å²) in [5, 5.41) is 8.72. The van der Waals surface area contributed by atoms with E-state index in [2.05, 4.69) is 0 Å². The Hall–Kier alpha value is -0.166. The summed E-state index contributed by atoms with van der Waals surface area (Å²) in [6.45, 7) is 0. The van der Waals surface area contributed by atoms with E-state index in [4.69, 9.17) is 10.1 Å². The van der Waals surface area contributed by atoms with Crippen LogP contribution in [0.25, 0.3) is 0 Å². The van der Waals surface area contributed by atoms with Crippen LogP contribution in [0.3, 0.4) is 0 Å². The minimum atomic E-state index is -0.694. The van der Waals surface area contributed by atoms with Crippen molar-refractivity contribution in [2.45, 2.75) is 0 Å². The van der Waals surface area contributed by atoms with Crippen molar-refractivity contribution >= 4 is 21.4 Å². The maximum absolute atomic E-state index is 8.72. The third-order valence-electron chi connectivity index (χ3n) is 0. The van der Waals surface area contributed by atoms with E-state index >= 15 is 0 Å². The average molecular weight is 102 g/mol. The topological polar surface area (TPSA) is 43.1 Å². The van der Waals surface area contributed by atoms with Crippen LogP contribution in [0.1, 0.15) is 0 Å². The van der Waals surface area contributed by atoms with Crippen LogP contribution in [0.5, 0.6) is 0 Å². The van der Waals surface area contributed by atoms with Gasteiger partial charge in [-0.1, -0.05) is 0 Å². The molecule has 0 aromatic carbocycles. The van der Waals surface area contributed by atoms with Gasteiger partial charge in [0, 0.05) is 11.0 Å². The fourth-order valence-electron chi connectivity index (χ4n) is 0. The first-order chi connectivity index (χ1) is 1.73. The summed E-state index contributed by atoms with van der Waals surface area (Å²) in [7, 11) is 2.03. The molecule has 25 valence electrons. The van der Waals surface area contributed by atoms with Crippen LogP contribution in [0.4, 0.5) is 0 Å². The molecule has 0 saturated carbocycles. The van der Waals surface area contributed by atoms with Gasteiger partial charge >= 0.3 is 10.4 Å². The lowest BCUT2D eigenvalue weighted by molar-refractivity contribution is -0.312. The van der Waals surface area contributed by atoms with E-state index in [9.17, 15) is 0 Å². The number of nitro groups is 1. The van der Waals surface area contributed by atoms with Gasteiger partial charge in [0.2, 0.25) is 0 Å². The standard InChI is InChI=1S/NO2Si.Si/c2-1(3)4;. The smallest absolute Gasteiger partial charge is 0.290 e. The van der Waals surface area contributed by atoms with E-state index in [0.717, 1.165) is 0 Å². The van der Waals surface area contributed by atoms with Crippen LogP contribution in [0.2, 0.25) is 0 Å². The fourth-order valence-corrected chi connectivity index (χ4v) is 0. The highest BCUT2D eigenvalue weighted by Gasteiger charge is 1.67. The van der Waals surface area contributed by atoms with Crippen molar-refractivity contribution in [2.24, 2.45) is 0 Å². The van der Waals surface area contributed by atoms with E-state index in [1.807, 2.05) is 10.4 Å². The van der Waals surface area contributed by atoms with Gasteiger partial charge < -0.3 is 0 Å². The van der Waals surface area contributed by atoms with Crippen molar-refractivity contribution in [3.05, 3.63) is 10.1 Å². The monoisotopic (exact) mass is 102 g/mol. The van der Waals surface area contributed by atoms with Gasteiger partial charge in [0.05, 0.1) is 0 Å². The van der Waals surface area contributed by atoms with Gasteiger partial charge in [-0.3, -0.25) is 10.1 Å². The molecular formula is NO2Si2. The van der Waals surface area contributed by atoms with Crippen molar-refractivity contribution < 1.29 is 4.59 Å². The highest BCUT2D eigenvalue weighted by Crippen LogP contribution is 1.36. The van der Waals surface area contributed by atoms with E-state index < -0.39 is 4.59 Å². The second kappa shape index (κ2) is 3.83. The third kappa shape index (κ3) is 467. The molecule has 0 amide bonds. The summed E-state index contributed by atoms with van der Waals surface area (Å²) in [4.78, 5) is 8.72. The second-order valence-electron chi connectivity index (χ2n) is 0.257. The Morgan fingerprint density at radius 2 is 1.80 bits per heavy atom. The third-order valence-corrected chi connectivity index (χ3v) is 0. The SMILES string of the molecule is O=[N+]([O-])[Si].[Si]. The van der Waals surface area contributed by atoms with Crippen molar-refractivity contribution in [1.29, 1.82) is 0 Å². The second-order valence-corrected chi connectivity index (χ2v) is 0.622. The quantitative estimate of drug-likeness (QED) is 0.223. The average Bonchev–Trinajstić information content (AvgIpc) is 0.811. The van der Waals surface area contributed by atoms with Crippen molar-refractivity contribution in [3.8, 4) is 0 Å². The molecule has 0 aromatic rings. The molecule has 0 bridgehead atoms. The van der Waals surface area contributed by atoms with Crippen LogP contribution < -0.4 is 0 Å². The van der Waals surface area contributed by atoms with Crippen LogP contribution in [0.15, 0.2) is 0 Å². The fraction of sp³-hybridized carbons (Fsp3) is 0. The van der Waals surface area contributed by atoms with E-state index in [1.165, 1.54) is 0 Å². The van der Waals surface area contributed by atoms with Gasteiger partial charge in [0.1, 0.15) is 0 Å². The van der Waals surface area contributed by atoms with Gasteiger partial charge in [-0.2, -0.15) is 0 Å². The number of rotatable bonds is 0. The van der Waals surface area contributed by atoms with Gasteiger partial charge in [-0.15, -0.1) is 0 Å². The molecule has 0 atom stereocenters. The predicted molar refractivity (Wildman–Crippen MR) is 18.5 cm³/mol. The first-order valence-electron chi connectivity index (χ1n) is 0.589.